The quantitative estimate of drug-likeness (QED) is 0.549. The van der Waals surface area contributed by atoms with Gasteiger partial charge >= 0.3 is 0 Å². The molecule has 2 fully saturated rings. The van der Waals surface area contributed by atoms with E-state index in [1.54, 1.807) is 0 Å². The molecule has 54 valence electrons. The lowest BCUT2D eigenvalue weighted by Gasteiger charge is -2.37. The van der Waals surface area contributed by atoms with Gasteiger partial charge in [0, 0.05) is 6.54 Å². The van der Waals surface area contributed by atoms with E-state index in [2.05, 4.69) is 5.32 Å². The Balaban J connectivity index is 0.000000405. The SMILES string of the molecule is C1CC2(C1)CCNC2.Cl. The zero-order valence-corrected chi connectivity index (χ0v) is 6.47. The van der Waals surface area contributed by atoms with Crippen molar-refractivity contribution in [3.8, 4) is 0 Å². The van der Waals surface area contributed by atoms with Crippen molar-refractivity contribution >= 4 is 12.4 Å². The van der Waals surface area contributed by atoms with E-state index in [4.69, 9.17) is 0 Å². The molecule has 2 heteroatoms. The van der Waals surface area contributed by atoms with E-state index in [0.717, 1.165) is 5.41 Å². The summed E-state index contributed by atoms with van der Waals surface area (Å²) in [4.78, 5) is 0. The maximum absolute atomic E-state index is 3.42. The molecule has 1 heterocycles. The van der Waals surface area contributed by atoms with Crippen molar-refractivity contribution in [3.63, 3.8) is 0 Å². The van der Waals surface area contributed by atoms with Crippen LogP contribution in [0.25, 0.3) is 0 Å². The molecule has 0 radical (unpaired) electrons. The van der Waals surface area contributed by atoms with E-state index in [0.29, 0.717) is 0 Å². The first-order valence-corrected chi connectivity index (χ1v) is 3.62. The van der Waals surface area contributed by atoms with E-state index in [-0.39, 0.29) is 12.4 Å². The van der Waals surface area contributed by atoms with E-state index in [1.807, 2.05) is 0 Å². The Morgan fingerprint density at radius 1 is 1.11 bits per heavy atom. The predicted molar refractivity (Wildman–Crippen MR) is 41.0 cm³/mol. The summed E-state index contributed by atoms with van der Waals surface area (Å²) in [5, 5.41) is 3.42. The summed E-state index contributed by atoms with van der Waals surface area (Å²) < 4.78 is 0. The van der Waals surface area contributed by atoms with Crippen molar-refractivity contribution in [1.82, 2.24) is 5.32 Å². The Morgan fingerprint density at radius 3 is 2.11 bits per heavy atom. The fourth-order valence-corrected chi connectivity index (χ4v) is 1.90. The van der Waals surface area contributed by atoms with Gasteiger partial charge in [0.2, 0.25) is 0 Å². The Kier molecular flexibility index (Phi) is 2.02. The highest BCUT2D eigenvalue weighted by atomic mass is 35.5. The summed E-state index contributed by atoms with van der Waals surface area (Å²) in [5.74, 6) is 0. The molecule has 1 saturated heterocycles. The van der Waals surface area contributed by atoms with Gasteiger partial charge in [0.1, 0.15) is 0 Å². The van der Waals surface area contributed by atoms with Crippen molar-refractivity contribution in [1.29, 1.82) is 0 Å². The molecule has 9 heavy (non-hydrogen) atoms. The molecule has 1 aliphatic carbocycles. The van der Waals surface area contributed by atoms with Gasteiger partial charge in [-0.05, 0) is 31.2 Å². The zero-order chi connectivity index (χ0) is 5.45. The van der Waals surface area contributed by atoms with Gasteiger partial charge in [-0.25, -0.2) is 0 Å². The summed E-state index contributed by atoms with van der Waals surface area (Å²) in [6.45, 7) is 2.59. The van der Waals surface area contributed by atoms with Crippen LogP contribution in [0.1, 0.15) is 25.7 Å². The second kappa shape index (κ2) is 2.47. The number of rotatable bonds is 0. The highest BCUT2D eigenvalue weighted by molar-refractivity contribution is 5.85. The van der Waals surface area contributed by atoms with Gasteiger partial charge in [-0.15, -0.1) is 12.4 Å². The van der Waals surface area contributed by atoms with Crippen LogP contribution in [0.3, 0.4) is 0 Å². The Bertz CT molecular complexity index is 91.1. The second-order valence-corrected chi connectivity index (χ2v) is 3.28. The third-order valence-electron chi connectivity index (χ3n) is 2.75. The van der Waals surface area contributed by atoms with Gasteiger partial charge in [-0.1, -0.05) is 6.42 Å². The standard InChI is InChI=1S/C7H13N.ClH/c1-2-7(3-1)4-5-8-6-7;/h8H,1-6H2;1H. The van der Waals surface area contributed by atoms with Crippen LogP contribution in [0.5, 0.6) is 0 Å². The first-order chi connectivity index (χ1) is 3.91. The largest absolute Gasteiger partial charge is 0.316 e. The van der Waals surface area contributed by atoms with Gasteiger partial charge in [0.15, 0.2) is 0 Å². The number of halogens is 1. The van der Waals surface area contributed by atoms with Crippen molar-refractivity contribution in [2.45, 2.75) is 25.7 Å². The Hall–Kier alpha value is 0.250. The molecule has 1 aliphatic heterocycles. The first-order valence-electron chi connectivity index (χ1n) is 3.62. The maximum Gasteiger partial charge on any atom is 0.000829 e. The van der Waals surface area contributed by atoms with E-state index in [9.17, 15) is 0 Å². The highest BCUT2D eigenvalue weighted by Gasteiger charge is 2.38. The summed E-state index contributed by atoms with van der Waals surface area (Å²) in [5.41, 5.74) is 0.806. The molecule has 0 atom stereocenters. The predicted octanol–water partition coefficient (Wildman–Crippen LogP) is 1.57. The lowest BCUT2D eigenvalue weighted by molar-refractivity contribution is 0.163. The lowest BCUT2D eigenvalue weighted by atomic mass is 9.68. The fraction of sp³-hybridized carbons (Fsp3) is 1.00. The molecule has 1 saturated carbocycles. The fourth-order valence-electron chi connectivity index (χ4n) is 1.90. The van der Waals surface area contributed by atoms with Crippen LogP contribution < -0.4 is 5.32 Å². The van der Waals surface area contributed by atoms with Crippen LogP contribution in [0.4, 0.5) is 0 Å². The van der Waals surface area contributed by atoms with Crippen LogP contribution >= 0.6 is 12.4 Å². The zero-order valence-electron chi connectivity index (χ0n) is 5.65. The van der Waals surface area contributed by atoms with Crippen molar-refractivity contribution in [2.24, 2.45) is 5.41 Å². The van der Waals surface area contributed by atoms with Crippen molar-refractivity contribution in [2.75, 3.05) is 13.1 Å². The topological polar surface area (TPSA) is 12.0 Å². The third kappa shape index (κ3) is 1.08. The van der Waals surface area contributed by atoms with Gasteiger partial charge < -0.3 is 5.32 Å². The third-order valence-corrected chi connectivity index (χ3v) is 2.75. The molecule has 1 spiro atoms. The number of hydrogen-bond donors (Lipinski definition) is 1. The smallest absolute Gasteiger partial charge is 0.000829 e. The van der Waals surface area contributed by atoms with Gasteiger partial charge in [0.25, 0.3) is 0 Å². The summed E-state index contributed by atoms with van der Waals surface area (Å²) in [6.07, 6.45) is 5.94. The van der Waals surface area contributed by atoms with Gasteiger partial charge in [-0.3, -0.25) is 0 Å². The van der Waals surface area contributed by atoms with Crippen LogP contribution in [0, 0.1) is 5.41 Å². The Morgan fingerprint density at radius 2 is 1.89 bits per heavy atom. The van der Waals surface area contributed by atoms with E-state index in [1.165, 1.54) is 38.8 Å². The molecule has 2 rings (SSSR count). The average molecular weight is 148 g/mol. The molecule has 0 aromatic heterocycles. The molecule has 0 aromatic rings. The van der Waals surface area contributed by atoms with Crippen LogP contribution in [-0.2, 0) is 0 Å². The number of nitrogens with one attached hydrogen (secondary N) is 1. The molecular formula is C7H14ClN. The minimum Gasteiger partial charge on any atom is -0.316 e. The molecule has 2 aliphatic rings. The van der Waals surface area contributed by atoms with Gasteiger partial charge in [-0.2, -0.15) is 0 Å². The molecule has 0 amide bonds. The number of hydrogen-bond acceptors (Lipinski definition) is 1. The Labute approximate surface area is 62.6 Å². The van der Waals surface area contributed by atoms with Gasteiger partial charge in [0.05, 0.1) is 0 Å². The second-order valence-electron chi connectivity index (χ2n) is 3.28. The van der Waals surface area contributed by atoms with E-state index >= 15 is 0 Å². The normalized spacial score (nSPS) is 29.3. The summed E-state index contributed by atoms with van der Waals surface area (Å²) >= 11 is 0. The molecule has 0 bridgehead atoms. The molecule has 0 unspecified atom stereocenters. The van der Waals surface area contributed by atoms with Crippen molar-refractivity contribution in [3.05, 3.63) is 0 Å². The minimum absolute atomic E-state index is 0. The van der Waals surface area contributed by atoms with Crippen LogP contribution in [-0.4, -0.2) is 13.1 Å². The maximum atomic E-state index is 3.42. The summed E-state index contributed by atoms with van der Waals surface area (Å²) in [7, 11) is 0. The average Bonchev–Trinajstić information content (AvgIpc) is 2.07. The lowest BCUT2D eigenvalue weighted by Crippen LogP contribution is -2.31. The minimum atomic E-state index is 0. The van der Waals surface area contributed by atoms with Crippen LogP contribution in [0.15, 0.2) is 0 Å². The molecule has 0 aromatic carbocycles. The molecule has 1 nitrogen and oxygen atoms in total. The highest BCUT2D eigenvalue weighted by Crippen LogP contribution is 2.45. The molecule has 1 N–H and O–H groups in total. The van der Waals surface area contributed by atoms with Crippen LogP contribution in [0.2, 0.25) is 0 Å². The van der Waals surface area contributed by atoms with Crippen molar-refractivity contribution < 1.29 is 0 Å². The monoisotopic (exact) mass is 147 g/mol. The first kappa shape index (κ1) is 7.36. The van der Waals surface area contributed by atoms with E-state index < -0.39 is 0 Å². The molecular weight excluding hydrogens is 134 g/mol. The summed E-state index contributed by atoms with van der Waals surface area (Å²) in [6, 6.07) is 0.